The van der Waals surface area contributed by atoms with E-state index in [0.29, 0.717) is 6.04 Å². The van der Waals surface area contributed by atoms with Gasteiger partial charge in [-0.25, -0.2) is 4.98 Å². The fourth-order valence-electron chi connectivity index (χ4n) is 4.15. The number of nitrogens with one attached hydrogen (secondary N) is 1. The van der Waals surface area contributed by atoms with Crippen LogP contribution in [-0.4, -0.2) is 49.7 Å². The van der Waals surface area contributed by atoms with E-state index in [1.807, 2.05) is 33.8 Å². The first-order chi connectivity index (χ1) is 15.0. The molecule has 1 fully saturated rings. The van der Waals surface area contributed by atoms with Crippen molar-refractivity contribution in [3.63, 3.8) is 0 Å². The minimum atomic E-state index is 0.707. The van der Waals surface area contributed by atoms with Crippen molar-refractivity contribution in [2.75, 3.05) is 43.9 Å². The second-order valence-corrected chi connectivity index (χ2v) is 8.17. The number of fused-ring (bicyclic) bond motifs is 1. The maximum Gasteiger partial charge on any atom is 0.134 e. The predicted molar refractivity (Wildman–Crippen MR) is 138 cm³/mol. The van der Waals surface area contributed by atoms with Gasteiger partial charge in [0.25, 0.3) is 0 Å². The van der Waals surface area contributed by atoms with Crippen molar-refractivity contribution < 1.29 is 0 Å². The average Bonchev–Trinajstić information content (AvgIpc) is 2.82. The Bertz CT molecular complexity index is 868. The Hall–Kier alpha value is -2.04. The van der Waals surface area contributed by atoms with Crippen LogP contribution in [0.5, 0.6) is 0 Å². The molecule has 0 unspecified atom stereocenters. The maximum atomic E-state index is 6.36. The van der Waals surface area contributed by atoms with E-state index in [-0.39, 0.29) is 0 Å². The van der Waals surface area contributed by atoms with Crippen molar-refractivity contribution in [1.29, 1.82) is 0 Å². The highest BCUT2D eigenvalue weighted by Gasteiger charge is 2.22. The first-order valence-corrected chi connectivity index (χ1v) is 12.0. The Morgan fingerprint density at radius 2 is 1.74 bits per heavy atom. The molecule has 1 saturated heterocycles. The highest BCUT2D eigenvalue weighted by Crippen LogP contribution is 2.34. The zero-order chi connectivity index (χ0) is 23.0. The van der Waals surface area contributed by atoms with Crippen LogP contribution in [0.4, 0.5) is 11.5 Å². The van der Waals surface area contributed by atoms with Crippen molar-refractivity contribution in [2.24, 2.45) is 0 Å². The number of hydrogen-bond acceptors (Lipinski definition) is 4. The van der Waals surface area contributed by atoms with E-state index in [1.165, 1.54) is 35.2 Å². The van der Waals surface area contributed by atoms with Crippen LogP contribution in [0, 0.1) is 6.92 Å². The first kappa shape index (κ1) is 25.2. The minimum Gasteiger partial charge on any atom is -0.371 e. The first-order valence-electron chi connectivity index (χ1n) is 11.6. The van der Waals surface area contributed by atoms with E-state index in [0.717, 1.165) is 36.0 Å². The summed E-state index contributed by atoms with van der Waals surface area (Å²) in [6.45, 7) is 13.2. The highest BCUT2D eigenvalue weighted by molar-refractivity contribution is 6.32. The van der Waals surface area contributed by atoms with Crippen LogP contribution in [0.15, 0.2) is 30.5 Å². The number of halogens is 1. The van der Waals surface area contributed by atoms with Gasteiger partial charge in [0.15, 0.2) is 0 Å². The Balaban J connectivity index is 0.000000807. The summed E-state index contributed by atoms with van der Waals surface area (Å²) in [5.74, 6) is 0.865. The van der Waals surface area contributed by atoms with Gasteiger partial charge in [-0.3, -0.25) is 0 Å². The molecular weight excluding hydrogens is 404 g/mol. The molecular formula is C26H39ClN4. The Morgan fingerprint density at radius 1 is 1.06 bits per heavy atom. The summed E-state index contributed by atoms with van der Waals surface area (Å²) in [5, 5.41) is 4.13. The second kappa shape index (κ2) is 12.1. The molecule has 1 N–H and O–H groups in total. The molecule has 0 amide bonds. The number of rotatable bonds is 3. The van der Waals surface area contributed by atoms with Crippen LogP contribution in [0.1, 0.15) is 57.2 Å². The van der Waals surface area contributed by atoms with E-state index in [1.54, 1.807) is 6.20 Å². The van der Waals surface area contributed by atoms with Crippen LogP contribution >= 0.6 is 11.6 Å². The number of anilines is 2. The number of piperidine rings is 1. The van der Waals surface area contributed by atoms with Crippen molar-refractivity contribution in [2.45, 2.75) is 53.5 Å². The van der Waals surface area contributed by atoms with Crippen molar-refractivity contribution in [3.05, 3.63) is 52.2 Å². The molecule has 0 bridgehead atoms. The fraction of sp³-hybridized carbons (Fsp3) is 0.500. The van der Waals surface area contributed by atoms with Crippen LogP contribution in [0.2, 0.25) is 5.02 Å². The molecule has 0 saturated carbocycles. The number of hydrogen-bond donors (Lipinski definition) is 1. The topological polar surface area (TPSA) is 31.4 Å². The summed E-state index contributed by atoms with van der Waals surface area (Å²) >= 11 is 6.36. The molecule has 1 aromatic heterocycles. The lowest BCUT2D eigenvalue weighted by atomic mass is 9.95. The zero-order valence-corrected chi connectivity index (χ0v) is 21.1. The third kappa shape index (κ3) is 6.02. The second-order valence-electron chi connectivity index (χ2n) is 7.76. The SMILES string of the molecule is CC.CC.Cc1cc(N2CCC(N(C)C)CC2)ccc1C1=Cc2c(Cl)ccnc2NC1. The zero-order valence-electron chi connectivity index (χ0n) is 20.3. The number of aryl methyl sites for hydroxylation is 1. The minimum absolute atomic E-state index is 0.707. The summed E-state index contributed by atoms with van der Waals surface area (Å²) in [7, 11) is 4.37. The Labute approximate surface area is 194 Å². The lowest BCUT2D eigenvalue weighted by Crippen LogP contribution is -2.42. The van der Waals surface area contributed by atoms with Crippen LogP contribution in [0.3, 0.4) is 0 Å². The van der Waals surface area contributed by atoms with Gasteiger partial charge in [0.05, 0.1) is 5.02 Å². The van der Waals surface area contributed by atoms with Gasteiger partial charge in [-0.2, -0.15) is 0 Å². The molecule has 2 aliphatic rings. The number of benzene rings is 1. The summed E-state index contributed by atoms with van der Waals surface area (Å²) in [4.78, 5) is 9.24. The standard InChI is InChI=1S/C22H27ClN4.2C2H6/c1-15-12-18(27-10-7-17(8-11-27)26(2)3)4-5-19(15)16-13-20-21(23)6-9-24-22(20)25-14-16;2*1-2/h4-6,9,12-13,17H,7-8,10-11,14H2,1-3H3,(H,24,25);2*1-2H3. The van der Waals surface area contributed by atoms with Crippen LogP contribution in [-0.2, 0) is 0 Å². The van der Waals surface area contributed by atoms with Crippen molar-refractivity contribution in [3.8, 4) is 0 Å². The van der Waals surface area contributed by atoms with Gasteiger partial charge in [0.1, 0.15) is 5.82 Å². The molecule has 0 spiro atoms. The van der Waals surface area contributed by atoms with Crippen LogP contribution < -0.4 is 10.2 Å². The molecule has 4 nitrogen and oxygen atoms in total. The van der Waals surface area contributed by atoms with Gasteiger partial charge < -0.3 is 15.1 Å². The molecule has 1 aromatic carbocycles. The number of nitrogens with zero attached hydrogens (tertiary/aromatic N) is 3. The van der Waals surface area contributed by atoms with Gasteiger partial charge in [-0.05, 0) is 74.8 Å². The Kier molecular flexibility index (Phi) is 9.86. The van der Waals surface area contributed by atoms with Crippen molar-refractivity contribution in [1.82, 2.24) is 9.88 Å². The molecule has 0 aliphatic carbocycles. The summed E-state index contributed by atoms with van der Waals surface area (Å²) < 4.78 is 0. The van der Waals surface area contributed by atoms with Crippen molar-refractivity contribution >= 4 is 34.8 Å². The lowest BCUT2D eigenvalue weighted by molar-refractivity contribution is 0.249. The number of aromatic nitrogens is 1. The largest absolute Gasteiger partial charge is 0.371 e. The molecule has 5 heteroatoms. The molecule has 4 rings (SSSR count). The smallest absolute Gasteiger partial charge is 0.134 e. The van der Waals surface area contributed by atoms with Gasteiger partial charge in [-0.15, -0.1) is 0 Å². The molecule has 31 heavy (non-hydrogen) atoms. The third-order valence-corrected chi connectivity index (χ3v) is 6.15. The predicted octanol–water partition coefficient (Wildman–Crippen LogP) is 6.59. The van der Waals surface area contributed by atoms with Crippen LogP contribution in [0.25, 0.3) is 11.6 Å². The lowest BCUT2D eigenvalue weighted by Gasteiger charge is -2.36. The summed E-state index contributed by atoms with van der Waals surface area (Å²) in [6.07, 6.45) is 6.37. The normalized spacial score (nSPS) is 15.6. The highest BCUT2D eigenvalue weighted by atomic mass is 35.5. The van der Waals surface area contributed by atoms with Gasteiger partial charge in [-0.1, -0.05) is 45.4 Å². The molecule has 170 valence electrons. The quantitative estimate of drug-likeness (QED) is 0.580. The van der Waals surface area contributed by atoms with Gasteiger partial charge in [0, 0.05) is 43.1 Å². The van der Waals surface area contributed by atoms with E-state index in [2.05, 4.69) is 65.4 Å². The molecule has 3 heterocycles. The van der Waals surface area contributed by atoms with Gasteiger partial charge >= 0.3 is 0 Å². The van der Waals surface area contributed by atoms with E-state index < -0.39 is 0 Å². The molecule has 2 aromatic rings. The Morgan fingerprint density at radius 3 is 2.35 bits per heavy atom. The van der Waals surface area contributed by atoms with E-state index in [4.69, 9.17) is 11.6 Å². The summed E-state index contributed by atoms with van der Waals surface area (Å²) in [6, 6.07) is 9.39. The fourth-order valence-corrected chi connectivity index (χ4v) is 4.35. The monoisotopic (exact) mass is 442 g/mol. The van der Waals surface area contributed by atoms with E-state index >= 15 is 0 Å². The third-order valence-electron chi connectivity index (χ3n) is 5.82. The van der Waals surface area contributed by atoms with E-state index in [9.17, 15) is 0 Å². The number of pyridine rings is 1. The van der Waals surface area contributed by atoms with Gasteiger partial charge in [0.2, 0.25) is 0 Å². The average molecular weight is 443 g/mol. The summed E-state index contributed by atoms with van der Waals surface area (Å²) in [5.41, 5.74) is 6.15. The molecule has 0 atom stereocenters. The maximum absolute atomic E-state index is 6.36. The molecule has 0 radical (unpaired) electrons. The molecule has 2 aliphatic heterocycles.